The molecule has 2 fully saturated rings. The molecule has 0 spiro atoms. The Morgan fingerprint density at radius 2 is 1.79 bits per heavy atom. The number of ether oxygens (including phenoxy) is 3. The summed E-state index contributed by atoms with van der Waals surface area (Å²) >= 11 is 0. The second-order valence-corrected chi connectivity index (χ2v) is 7.52. The van der Waals surface area contributed by atoms with Gasteiger partial charge in [-0.15, -0.1) is 0 Å². The van der Waals surface area contributed by atoms with Crippen LogP contribution >= 0.6 is 0 Å². The highest BCUT2D eigenvalue weighted by molar-refractivity contribution is 5.94. The van der Waals surface area contributed by atoms with Gasteiger partial charge in [-0.05, 0) is 43.5 Å². The molecule has 0 radical (unpaired) electrons. The van der Waals surface area contributed by atoms with Crippen LogP contribution in [0.4, 0.5) is 0 Å². The van der Waals surface area contributed by atoms with E-state index in [1.165, 1.54) is 0 Å². The van der Waals surface area contributed by atoms with Gasteiger partial charge in [0.2, 0.25) is 0 Å². The lowest BCUT2D eigenvalue weighted by Gasteiger charge is -2.36. The molecule has 0 aromatic heterocycles. The molecule has 2 saturated heterocycles. The molecule has 3 rings (SSSR count). The van der Waals surface area contributed by atoms with E-state index in [4.69, 9.17) is 14.2 Å². The van der Waals surface area contributed by atoms with Crippen molar-refractivity contribution in [2.75, 3.05) is 59.2 Å². The quantitative estimate of drug-likeness (QED) is 0.607. The van der Waals surface area contributed by atoms with E-state index < -0.39 is 0 Å². The van der Waals surface area contributed by atoms with Crippen LogP contribution in [0.25, 0.3) is 0 Å². The van der Waals surface area contributed by atoms with Gasteiger partial charge in [-0.25, -0.2) is 0 Å². The molecular formula is C22H34N2O4. The normalized spacial score (nSPS) is 18.8. The van der Waals surface area contributed by atoms with Gasteiger partial charge in [-0.3, -0.25) is 9.69 Å². The molecule has 0 N–H and O–H groups in total. The summed E-state index contributed by atoms with van der Waals surface area (Å²) in [7, 11) is 0. The Morgan fingerprint density at radius 3 is 2.46 bits per heavy atom. The van der Waals surface area contributed by atoms with Gasteiger partial charge in [-0.1, -0.05) is 13.3 Å². The van der Waals surface area contributed by atoms with E-state index in [2.05, 4.69) is 16.7 Å². The maximum atomic E-state index is 13.3. The van der Waals surface area contributed by atoms with Crippen LogP contribution in [0.1, 0.15) is 43.0 Å². The molecule has 0 bridgehead atoms. The minimum Gasteiger partial charge on any atom is -0.494 e. The molecular weight excluding hydrogens is 356 g/mol. The number of carbonyl (C=O) groups excluding carboxylic acids is 1. The second kappa shape index (κ2) is 11.4. The van der Waals surface area contributed by atoms with E-state index in [0.717, 1.165) is 96.2 Å². The Bertz CT molecular complexity index is 581. The van der Waals surface area contributed by atoms with Crippen molar-refractivity contribution in [3.8, 4) is 5.75 Å². The number of rotatable bonds is 9. The first-order chi connectivity index (χ1) is 13.8. The zero-order chi connectivity index (χ0) is 19.6. The molecule has 2 aliphatic rings. The molecule has 2 aliphatic heterocycles. The van der Waals surface area contributed by atoms with Gasteiger partial charge in [0, 0.05) is 51.0 Å². The standard InChI is InChI=1S/C22H34N2O4/c1-2-3-14-28-21-6-4-19(5-7-21)22(25)24(20-8-15-26-16-9-20)11-10-23-12-17-27-18-13-23/h4-7,20H,2-3,8-18H2,1H3. The van der Waals surface area contributed by atoms with Crippen molar-refractivity contribution < 1.29 is 19.0 Å². The van der Waals surface area contributed by atoms with E-state index >= 15 is 0 Å². The molecule has 2 heterocycles. The van der Waals surface area contributed by atoms with Crippen molar-refractivity contribution >= 4 is 5.91 Å². The van der Waals surface area contributed by atoms with Gasteiger partial charge in [0.15, 0.2) is 0 Å². The molecule has 156 valence electrons. The van der Waals surface area contributed by atoms with Gasteiger partial charge in [-0.2, -0.15) is 0 Å². The summed E-state index contributed by atoms with van der Waals surface area (Å²) in [6, 6.07) is 7.86. The number of morpholine rings is 1. The third-order valence-corrected chi connectivity index (χ3v) is 5.52. The lowest BCUT2D eigenvalue weighted by atomic mass is 10.0. The van der Waals surface area contributed by atoms with Crippen molar-refractivity contribution in [1.82, 2.24) is 9.80 Å². The second-order valence-electron chi connectivity index (χ2n) is 7.52. The number of hydrogen-bond acceptors (Lipinski definition) is 5. The highest BCUT2D eigenvalue weighted by atomic mass is 16.5. The third-order valence-electron chi connectivity index (χ3n) is 5.52. The van der Waals surface area contributed by atoms with E-state index in [1.54, 1.807) is 0 Å². The molecule has 6 heteroatoms. The summed E-state index contributed by atoms with van der Waals surface area (Å²) in [5.74, 6) is 0.941. The maximum absolute atomic E-state index is 13.3. The van der Waals surface area contributed by atoms with E-state index in [1.807, 2.05) is 24.3 Å². The maximum Gasteiger partial charge on any atom is 0.254 e. The molecule has 1 amide bonds. The van der Waals surface area contributed by atoms with Crippen molar-refractivity contribution in [2.24, 2.45) is 0 Å². The predicted octanol–water partition coefficient (Wildman–Crippen LogP) is 2.82. The number of nitrogens with zero attached hydrogens (tertiary/aromatic N) is 2. The first-order valence-electron chi connectivity index (χ1n) is 10.7. The van der Waals surface area contributed by atoms with Crippen LogP contribution in [0, 0.1) is 0 Å². The first-order valence-corrected chi connectivity index (χ1v) is 10.7. The minimum absolute atomic E-state index is 0.111. The topological polar surface area (TPSA) is 51.2 Å². The minimum atomic E-state index is 0.111. The van der Waals surface area contributed by atoms with Crippen LogP contribution < -0.4 is 4.74 Å². The predicted molar refractivity (Wildman–Crippen MR) is 109 cm³/mol. The van der Waals surface area contributed by atoms with E-state index in [0.29, 0.717) is 0 Å². The third kappa shape index (κ3) is 6.19. The Hall–Kier alpha value is -1.63. The highest BCUT2D eigenvalue weighted by Crippen LogP contribution is 2.20. The van der Waals surface area contributed by atoms with Gasteiger partial charge in [0.25, 0.3) is 5.91 Å². The number of amides is 1. The number of benzene rings is 1. The molecule has 0 saturated carbocycles. The molecule has 28 heavy (non-hydrogen) atoms. The van der Waals surface area contributed by atoms with Crippen molar-refractivity contribution in [2.45, 2.75) is 38.6 Å². The van der Waals surface area contributed by atoms with Gasteiger partial charge < -0.3 is 19.1 Å². The Morgan fingerprint density at radius 1 is 1.11 bits per heavy atom. The van der Waals surface area contributed by atoms with E-state index in [9.17, 15) is 4.79 Å². The molecule has 0 atom stereocenters. The molecule has 1 aromatic carbocycles. The smallest absolute Gasteiger partial charge is 0.254 e. The number of hydrogen-bond donors (Lipinski definition) is 0. The number of unbranched alkanes of at least 4 members (excludes halogenated alkanes) is 1. The van der Waals surface area contributed by atoms with Crippen LogP contribution in [0.3, 0.4) is 0 Å². The summed E-state index contributed by atoms with van der Waals surface area (Å²) in [5, 5.41) is 0. The summed E-state index contributed by atoms with van der Waals surface area (Å²) in [5.41, 5.74) is 0.733. The Kier molecular flexibility index (Phi) is 8.58. The molecule has 6 nitrogen and oxygen atoms in total. The lowest BCUT2D eigenvalue weighted by Crippen LogP contribution is -2.48. The van der Waals surface area contributed by atoms with Crippen LogP contribution in [0.15, 0.2) is 24.3 Å². The zero-order valence-electron chi connectivity index (χ0n) is 17.1. The molecule has 1 aromatic rings. The van der Waals surface area contributed by atoms with Crippen molar-refractivity contribution in [3.63, 3.8) is 0 Å². The fourth-order valence-electron chi connectivity index (χ4n) is 3.71. The fraction of sp³-hybridized carbons (Fsp3) is 0.682. The van der Waals surface area contributed by atoms with Crippen molar-refractivity contribution in [3.05, 3.63) is 29.8 Å². The lowest BCUT2D eigenvalue weighted by molar-refractivity contribution is 0.0141. The zero-order valence-corrected chi connectivity index (χ0v) is 17.1. The highest BCUT2D eigenvalue weighted by Gasteiger charge is 2.27. The summed E-state index contributed by atoms with van der Waals surface area (Å²) < 4.78 is 16.7. The van der Waals surface area contributed by atoms with Gasteiger partial charge >= 0.3 is 0 Å². The largest absolute Gasteiger partial charge is 0.494 e. The van der Waals surface area contributed by atoms with Gasteiger partial charge in [0.05, 0.1) is 19.8 Å². The summed E-state index contributed by atoms with van der Waals surface area (Å²) in [4.78, 5) is 17.7. The number of carbonyl (C=O) groups is 1. The first kappa shape index (κ1) is 21.1. The van der Waals surface area contributed by atoms with E-state index in [-0.39, 0.29) is 11.9 Å². The fourth-order valence-corrected chi connectivity index (χ4v) is 3.71. The van der Waals surface area contributed by atoms with Crippen molar-refractivity contribution in [1.29, 1.82) is 0 Å². The van der Waals surface area contributed by atoms with Crippen LogP contribution in [0.2, 0.25) is 0 Å². The monoisotopic (exact) mass is 390 g/mol. The average Bonchev–Trinajstić information content (AvgIpc) is 2.76. The Labute approximate surface area is 168 Å². The van der Waals surface area contributed by atoms with Crippen LogP contribution in [-0.4, -0.2) is 81.0 Å². The SMILES string of the molecule is CCCCOc1ccc(C(=O)N(CCN2CCOCC2)C2CCOCC2)cc1. The van der Waals surface area contributed by atoms with Crippen LogP contribution in [0.5, 0.6) is 5.75 Å². The summed E-state index contributed by atoms with van der Waals surface area (Å²) in [6.45, 7) is 9.43. The summed E-state index contributed by atoms with van der Waals surface area (Å²) in [6.07, 6.45) is 3.97. The van der Waals surface area contributed by atoms with Crippen LogP contribution in [-0.2, 0) is 9.47 Å². The molecule has 0 aliphatic carbocycles. The molecule has 0 unspecified atom stereocenters. The van der Waals surface area contributed by atoms with Gasteiger partial charge in [0.1, 0.15) is 5.75 Å². The Balaban J connectivity index is 1.62. The average molecular weight is 391 g/mol.